The van der Waals surface area contributed by atoms with Crippen molar-refractivity contribution >= 4 is 10.0 Å². The summed E-state index contributed by atoms with van der Waals surface area (Å²) in [4.78, 5) is 0. The molecule has 1 aliphatic rings. The summed E-state index contributed by atoms with van der Waals surface area (Å²) in [6.45, 7) is 3.38. The smallest absolute Gasteiger partial charge is 0.211 e. The van der Waals surface area contributed by atoms with E-state index in [2.05, 4.69) is 5.32 Å². The molecule has 5 heteroatoms. The highest BCUT2D eigenvalue weighted by atomic mass is 32.2. The van der Waals surface area contributed by atoms with Gasteiger partial charge in [-0.3, -0.25) is 0 Å². The molecule has 1 saturated heterocycles. The van der Waals surface area contributed by atoms with Gasteiger partial charge in [0.1, 0.15) is 0 Å². The fourth-order valence-electron chi connectivity index (χ4n) is 2.12. The summed E-state index contributed by atoms with van der Waals surface area (Å²) >= 11 is 0. The largest absolute Gasteiger partial charge is 0.318 e. The first-order valence-electron chi connectivity index (χ1n) is 4.52. The number of rotatable bonds is 3. The van der Waals surface area contributed by atoms with Gasteiger partial charge in [0, 0.05) is 18.6 Å². The number of nitrogens with one attached hydrogen (secondary N) is 1. The lowest BCUT2D eigenvalue weighted by Crippen LogP contribution is -2.50. The first-order valence-corrected chi connectivity index (χ1v) is 6.37. The fourth-order valence-corrected chi connectivity index (χ4v) is 3.54. The molecular formula is C8H18N2O2S. The van der Waals surface area contributed by atoms with Crippen LogP contribution in [-0.4, -0.2) is 44.7 Å². The number of sulfonamides is 1. The Kier molecular flexibility index (Phi) is 2.99. The van der Waals surface area contributed by atoms with Gasteiger partial charge in [-0.2, -0.15) is 4.31 Å². The summed E-state index contributed by atoms with van der Waals surface area (Å²) < 4.78 is 24.5. The van der Waals surface area contributed by atoms with Crippen LogP contribution in [0.25, 0.3) is 0 Å². The third-order valence-corrected chi connectivity index (χ3v) is 4.06. The molecule has 0 bridgehead atoms. The van der Waals surface area contributed by atoms with E-state index in [0.29, 0.717) is 6.54 Å². The second-order valence-corrected chi connectivity index (χ2v) is 5.87. The lowest BCUT2D eigenvalue weighted by Gasteiger charge is -2.33. The Morgan fingerprint density at radius 3 is 2.62 bits per heavy atom. The predicted molar refractivity (Wildman–Crippen MR) is 53.1 cm³/mol. The number of likely N-dealkylation sites (N-methyl/N-ethyl adjacent to an activating group) is 1. The van der Waals surface area contributed by atoms with E-state index in [1.807, 2.05) is 14.0 Å². The topological polar surface area (TPSA) is 49.4 Å². The third-order valence-electron chi connectivity index (χ3n) is 2.64. The van der Waals surface area contributed by atoms with Crippen molar-refractivity contribution < 1.29 is 8.42 Å². The molecule has 0 saturated carbocycles. The Morgan fingerprint density at radius 2 is 2.15 bits per heavy atom. The molecule has 1 unspecified atom stereocenters. The lowest BCUT2D eigenvalue weighted by atomic mass is 10.0. The van der Waals surface area contributed by atoms with Gasteiger partial charge in [0.2, 0.25) is 10.0 Å². The van der Waals surface area contributed by atoms with Gasteiger partial charge >= 0.3 is 0 Å². The van der Waals surface area contributed by atoms with Crippen molar-refractivity contribution in [3.05, 3.63) is 0 Å². The van der Waals surface area contributed by atoms with Crippen LogP contribution >= 0.6 is 0 Å². The zero-order valence-electron chi connectivity index (χ0n) is 8.50. The first-order chi connectivity index (χ1) is 5.90. The molecular weight excluding hydrogens is 188 g/mol. The highest BCUT2D eigenvalue weighted by Gasteiger charge is 2.41. The van der Waals surface area contributed by atoms with Gasteiger partial charge in [0.25, 0.3) is 0 Å². The molecule has 0 aliphatic carbocycles. The van der Waals surface area contributed by atoms with Crippen LogP contribution in [0, 0.1) is 0 Å². The van der Waals surface area contributed by atoms with E-state index in [9.17, 15) is 8.42 Å². The van der Waals surface area contributed by atoms with Crippen LogP contribution in [0.3, 0.4) is 0 Å². The van der Waals surface area contributed by atoms with Gasteiger partial charge in [-0.05, 0) is 26.8 Å². The quantitative estimate of drug-likeness (QED) is 0.708. The maximum atomic E-state index is 11.4. The van der Waals surface area contributed by atoms with Crippen molar-refractivity contribution in [3.63, 3.8) is 0 Å². The van der Waals surface area contributed by atoms with Gasteiger partial charge in [-0.1, -0.05) is 0 Å². The molecule has 0 amide bonds. The van der Waals surface area contributed by atoms with E-state index in [1.54, 1.807) is 4.31 Å². The summed E-state index contributed by atoms with van der Waals surface area (Å²) in [5.74, 6) is 0. The van der Waals surface area contributed by atoms with Crippen molar-refractivity contribution in [2.24, 2.45) is 0 Å². The van der Waals surface area contributed by atoms with E-state index >= 15 is 0 Å². The summed E-state index contributed by atoms with van der Waals surface area (Å²) in [5, 5.41) is 3.05. The van der Waals surface area contributed by atoms with E-state index in [1.165, 1.54) is 6.26 Å². The molecule has 1 fully saturated rings. The van der Waals surface area contributed by atoms with Crippen molar-refractivity contribution in [2.75, 3.05) is 26.4 Å². The van der Waals surface area contributed by atoms with Gasteiger partial charge in [0.05, 0.1) is 6.26 Å². The molecule has 1 rings (SSSR count). The summed E-state index contributed by atoms with van der Waals surface area (Å²) in [7, 11) is -1.19. The van der Waals surface area contributed by atoms with Crippen LogP contribution in [0.4, 0.5) is 0 Å². The van der Waals surface area contributed by atoms with Gasteiger partial charge in [-0.15, -0.1) is 0 Å². The monoisotopic (exact) mass is 206 g/mol. The number of hydrogen-bond acceptors (Lipinski definition) is 3. The molecule has 0 aromatic heterocycles. The van der Waals surface area contributed by atoms with Crippen LogP contribution in [-0.2, 0) is 10.0 Å². The Morgan fingerprint density at radius 1 is 1.54 bits per heavy atom. The van der Waals surface area contributed by atoms with E-state index in [0.717, 1.165) is 19.4 Å². The standard InChI is InChI=1S/C8H18N2O2S/c1-8(7-9-2)5-4-6-10(8)13(3,11)12/h9H,4-7H2,1-3H3. The van der Waals surface area contributed by atoms with Gasteiger partial charge in [0.15, 0.2) is 0 Å². The van der Waals surface area contributed by atoms with E-state index in [4.69, 9.17) is 0 Å². The van der Waals surface area contributed by atoms with E-state index in [-0.39, 0.29) is 5.54 Å². The minimum atomic E-state index is -3.04. The molecule has 0 aromatic rings. The number of hydrogen-bond donors (Lipinski definition) is 1. The Labute approximate surface area is 80.4 Å². The van der Waals surface area contributed by atoms with Crippen molar-refractivity contribution in [1.29, 1.82) is 0 Å². The summed E-state index contributed by atoms with van der Waals surface area (Å²) in [6, 6.07) is 0. The Bertz CT molecular complexity index is 276. The maximum Gasteiger partial charge on any atom is 0.211 e. The number of nitrogens with zero attached hydrogens (tertiary/aromatic N) is 1. The van der Waals surface area contributed by atoms with Crippen molar-refractivity contribution in [3.8, 4) is 0 Å². The normalized spacial score (nSPS) is 31.0. The molecule has 4 nitrogen and oxygen atoms in total. The van der Waals surface area contributed by atoms with Crippen LogP contribution in [0.5, 0.6) is 0 Å². The van der Waals surface area contributed by atoms with Crippen LogP contribution in [0.1, 0.15) is 19.8 Å². The second-order valence-electron chi connectivity index (χ2n) is 3.97. The molecule has 0 radical (unpaired) electrons. The second kappa shape index (κ2) is 3.55. The maximum absolute atomic E-state index is 11.4. The SMILES string of the molecule is CNCC1(C)CCCN1S(C)(=O)=O. The molecule has 78 valence electrons. The van der Waals surface area contributed by atoms with Crippen LogP contribution in [0.15, 0.2) is 0 Å². The Balaban J connectivity index is 2.86. The summed E-state index contributed by atoms with van der Waals surface area (Å²) in [6.07, 6.45) is 3.19. The fraction of sp³-hybridized carbons (Fsp3) is 1.00. The van der Waals surface area contributed by atoms with Crippen LogP contribution in [0.2, 0.25) is 0 Å². The third kappa shape index (κ3) is 2.21. The molecule has 1 aliphatic heterocycles. The zero-order chi connectivity index (χ0) is 10.1. The average molecular weight is 206 g/mol. The predicted octanol–water partition coefficient (Wildman–Crippen LogP) is 0.0199. The highest BCUT2D eigenvalue weighted by Crippen LogP contribution is 2.30. The van der Waals surface area contributed by atoms with Crippen molar-refractivity contribution in [1.82, 2.24) is 9.62 Å². The molecule has 0 spiro atoms. The molecule has 1 atom stereocenters. The zero-order valence-corrected chi connectivity index (χ0v) is 9.32. The minimum absolute atomic E-state index is 0.220. The van der Waals surface area contributed by atoms with Crippen LogP contribution < -0.4 is 5.32 Å². The van der Waals surface area contributed by atoms with Gasteiger partial charge < -0.3 is 5.32 Å². The average Bonchev–Trinajstić information content (AvgIpc) is 2.30. The molecule has 0 aromatic carbocycles. The van der Waals surface area contributed by atoms with E-state index < -0.39 is 10.0 Å². The molecule has 1 heterocycles. The van der Waals surface area contributed by atoms with Crippen molar-refractivity contribution in [2.45, 2.75) is 25.3 Å². The Hall–Kier alpha value is -0.130. The minimum Gasteiger partial charge on any atom is -0.318 e. The highest BCUT2D eigenvalue weighted by molar-refractivity contribution is 7.88. The lowest BCUT2D eigenvalue weighted by molar-refractivity contribution is 0.262. The van der Waals surface area contributed by atoms with Gasteiger partial charge in [-0.25, -0.2) is 8.42 Å². The molecule has 1 N–H and O–H groups in total. The molecule has 13 heavy (non-hydrogen) atoms. The first kappa shape index (κ1) is 10.9. The summed E-state index contributed by atoms with van der Waals surface area (Å²) in [5.41, 5.74) is -0.220.